The van der Waals surface area contributed by atoms with E-state index in [1.54, 1.807) is 4.40 Å². The summed E-state index contributed by atoms with van der Waals surface area (Å²) in [6, 6.07) is 12.9. The minimum Gasteiger partial charge on any atom is -0.344 e. The van der Waals surface area contributed by atoms with Gasteiger partial charge in [-0.15, -0.1) is 0 Å². The number of aromatic nitrogens is 3. The largest absolute Gasteiger partial charge is 0.344 e. The molecule has 0 unspecified atom stereocenters. The molecule has 2 aromatic carbocycles. The molecule has 3 aromatic heterocycles. The summed E-state index contributed by atoms with van der Waals surface area (Å²) in [7, 11) is 0. The molecule has 0 fully saturated rings. The van der Waals surface area contributed by atoms with E-state index in [1.165, 1.54) is 33.4 Å². The van der Waals surface area contributed by atoms with E-state index >= 15 is 0 Å². The Hall–Kier alpha value is -2.92. The molecule has 0 bridgehead atoms. The van der Waals surface area contributed by atoms with Crippen LogP contribution in [0.4, 0.5) is 0 Å². The molecular formula is C24H23N3OS. The van der Waals surface area contributed by atoms with Crippen molar-refractivity contribution in [1.29, 1.82) is 0 Å². The second kappa shape index (κ2) is 6.56. The van der Waals surface area contributed by atoms with Crippen molar-refractivity contribution in [3.8, 4) is 0 Å². The van der Waals surface area contributed by atoms with Gasteiger partial charge in [0.1, 0.15) is 0 Å². The summed E-state index contributed by atoms with van der Waals surface area (Å²) in [5, 5.41) is 1.18. The van der Waals surface area contributed by atoms with Gasteiger partial charge in [-0.3, -0.25) is 4.79 Å². The molecule has 0 radical (unpaired) electrons. The molecule has 0 saturated carbocycles. The Balaban J connectivity index is 1.77. The van der Waals surface area contributed by atoms with Gasteiger partial charge in [-0.1, -0.05) is 36.5 Å². The SMILES string of the molecule is CC[C@@H](C)n1cc(/C=c2\sc3nc4cc(C)c(C)cc4n3c2=O)c2ccccc21. The normalized spacial score (nSPS) is 13.9. The van der Waals surface area contributed by atoms with E-state index in [2.05, 4.69) is 74.9 Å². The maximum atomic E-state index is 13.2. The van der Waals surface area contributed by atoms with Gasteiger partial charge in [0, 0.05) is 28.7 Å². The lowest BCUT2D eigenvalue weighted by Gasteiger charge is -2.12. The number of benzene rings is 2. The fourth-order valence-electron chi connectivity index (χ4n) is 3.97. The van der Waals surface area contributed by atoms with Crippen LogP contribution < -0.4 is 10.1 Å². The number of hydrogen-bond donors (Lipinski definition) is 0. The number of imidazole rings is 1. The van der Waals surface area contributed by atoms with E-state index < -0.39 is 0 Å². The van der Waals surface area contributed by atoms with Gasteiger partial charge in [-0.05, 0) is 62.6 Å². The summed E-state index contributed by atoms with van der Waals surface area (Å²) in [4.78, 5) is 18.7. The monoisotopic (exact) mass is 401 g/mol. The third kappa shape index (κ3) is 2.72. The Labute approximate surface area is 172 Å². The molecule has 0 aliphatic rings. The fourth-order valence-corrected chi connectivity index (χ4v) is 4.95. The number of rotatable bonds is 3. The number of fused-ring (bicyclic) bond motifs is 4. The minimum absolute atomic E-state index is 0.0103. The average Bonchev–Trinajstić information content (AvgIpc) is 3.34. The molecule has 29 heavy (non-hydrogen) atoms. The first kappa shape index (κ1) is 18.1. The van der Waals surface area contributed by atoms with Crippen LogP contribution in [0.2, 0.25) is 0 Å². The number of para-hydroxylation sites is 1. The molecule has 0 N–H and O–H groups in total. The summed E-state index contributed by atoms with van der Waals surface area (Å²) in [5.74, 6) is 0. The van der Waals surface area contributed by atoms with E-state index in [-0.39, 0.29) is 5.56 Å². The van der Waals surface area contributed by atoms with Crippen LogP contribution in [0, 0.1) is 13.8 Å². The van der Waals surface area contributed by atoms with E-state index in [4.69, 9.17) is 4.98 Å². The van der Waals surface area contributed by atoms with Crippen LogP contribution in [-0.4, -0.2) is 14.0 Å². The van der Waals surface area contributed by atoms with Crippen LogP contribution in [0.1, 0.15) is 43.0 Å². The first-order valence-electron chi connectivity index (χ1n) is 10.0. The molecule has 5 heteroatoms. The van der Waals surface area contributed by atoms with Gasteiger partial charge in [-0.2, -0.15) is 0 Å². The second-order valence-electron chi connectivity index (χ2n) is 7.84. The quantitative estimate of drug-likeness (QED) is 0.427. The molecule has 1 atom stereocenters. The van der Waals surface area contributed by atoms with Gasteiger partial charge < -0.3 is 4.57 Å². The van der Waals surface area contributed by atoms with Gasteiger partial charge in [0.25, 0.3) is 5.56 Å². The van der Waals surface area contributed by atoms with E-state index in [1.807, 2.05) is 6.08 Å². The summed E-state index contributed by atoms with van der Waals surface area (Å²) in [6.07, 6.45) is 5.25. The van der Waals surface area contributed by atoms with Gasteiger partial charge in [0.2, 0.25) is 0 Å². The highest BCUT2D eigenvalue weighted by Crippen LogP contribution is 2.27. The van der Waals surface area contributed by atoms with Crippen LogP contribution >= 0.6 is 11.3 Å². The van der Waals surface area contributed by atoms with E-state index in [0.29, 0.717) is 6.04 Å². The maximum absolute atomic E-state index is 13.2. The summed E-state index contributed by atoms with van der Waals surface area (Å²) >= 11 is 1.46. The first-order valence-corrected chi connectivity index (χ1v) is 10.8. The second-order valence-corrected chi connectivity index (χ2v) is 8.85. The zero-order chi connectivity index (χ0) is 20.3. The molecule has 0 aliphatic heterocycles. The lowest BCUT2D eigenvalue weighted by atomic mass is 10.1. The van der Waals surface area contributed by atoms with Gasteiger partial charge in [0.15, 0.2) is 4.96 Å². The number of aryl methyl sites for hydroxylation is 2. The maximum Gasteiger partial charge on any atom is 0.274 e. The van der Waals surface area contributed by atoms with Gasteiger partial charge in [-0.25, -0.2) is 9.38 Å². The standard InChI is InChI=1S/C24H23N3OS/c1-5-16(4)26-13-17(18-8-6-7-9-20(18)26)12-22-23(28)27-21-11-15(3)14(2)10-19(21)25-24(27)29-22/h6-13,16H,5H2,1-4H3/b22-12-/t16-/m1/s1. The summed E-state index contributed by atoms with van der Waals surface area (Å²) in [6.45, 7) is 8.57. The Morgan fingerprint density at radius 1 is 1.14 bits per heavy atom. The first-order chi connectivity index (χ1) is 14.0. The number of nitrogens with zero attached hydrogens (tertiary/aromatic N) is 3. The Morgan fingerprint density at radius 2 is 1.90 bits per heavy atom. The van der Waals surface area contributed by atoms with E-state index in [0.717, 1.165) is 32.5 Å². The van der Waals surface area contributed by atoms with E-state index in [9.17, 15) is 4.79 Å². The Bertz CT molecular complexity index is 1500. The third-order valence-electron chi connectivity index (χ3n) is 5.98. The third-order valence-corrected chi connectivity index (χ3v) is 6.95. The van der Waals surface area contributed by atoms with Crippen molar-refractivity contribution < 1.29 is 0 Å². The lowest BCUT2D eigenvalue weighted by Crippen LogP contribution is -2.22. The zero-order valence-electron chi connectivity index (χ0n) is 17.1. The molecule has 0 saturated heterocycles. The highest BCUT2D eigenvalue weighted by molar-refractivity contribution is 7.15. The van der Waals surface area contributed by atoms with Crippen LogP contribution in [0.15, 0.2) is 47.4 Å². The number of hydrogen-bond acceptors (Lipinski definition) is 3. The molecule has 5 aromatic rings. The highest BCUT2D eigenvalue weighted by Gasteiger charge is 2.14. The molecule has 4 nitrogen and oxygen atoms in total. The van der Waals surface area contributed by atoms with Gasteiger partial charge >= 0.3 is 0 Å². The smallest absolute Gasteiger partial charge is 0.274 e. The van der Waals surface area contributed by atoms with Gasteiger partial charge in [0.05, 0.1) is 15.6 Å². The van der Waals surface area contributed by atoms with Crippen LogP contribution in [-0.2, 0) is 0 Å². The van der Waals surface area contributed by atoms with Crippen molar-refractivity contribution in [3.63, 3.8) is 0 Å². The molecule has 146 valence electrons. The summed E-state index contributed by atoms with van der Waals surface area (Å²) in [5.41, 5.74) is 6.45. The molecule has 3 heterocycles. The number of thiazole rings is 1. The van der Waals surface area contributed by atoms with Crippen molar-refractivity contribution in [2.24, 2.45) is 0 Å². The minimum atomic E-state index is 0.0103. The van der Waals surface area contributed by atoms with Crippen molar-refractivity contribution in [1.82, 2.24) is 14.0 Å². The predicted molar refractivity (Wildman–Crippen MR) is 122 cm³/mol. The Kier molecular flexibility index (Phi) is 4.10. The van der Waals surface area contributed by atoms with Crippen molar-refractivity contribution >= 4 is 44.3 Å². The fraction of sp³-hybridized carbons (Fsp3) is 0.250. The van der Waals surface area contributed by atoms with Crippen LogP contribution in [0.5, 0.6) is 0 Å². The van der Waals surface area contributed by atoms with Crippen LogP contribution in [0.3, 0.4) is 0 Å². The molecule has 0 spiro atoms. The highest BCUT2D eigenvalue weighted by atomic mass is 32.1. The van der Waals surface area contributed by atoms with Crippen molar-refractivity contribution in [3.05, 3.63) is 74.2 Å². The average molecular weight is 402 g/mol. The molecule has 0 amide bonds. The zero-order valence-corrected chi connectivity index (χ0v) is 17.9. The molecule has 5 rings (SSSR count). The Morgan fingerprint density at radius 3 is 2.69 bits per heavy atom. The lowest BCUT2D eigenvalue weighted by molar-refractivity contribution is 0.548. The summed E-state index contributed by atoms with van der Waals surface area (Å²) < 4.78 is 4.79. The molecular weight excluding hydrogens is 378 g/mol. The predicted octanol–water partition coefficient (Wildman–Crippen LogP) is 5.00. The molecule has 0 aliphatic carbocycles. The topological polar surface area (TPSA) is 39.3 Å². The van der Waals surface area contributed by atoms with Crippen molar-refractivity contribution in [2.45, 2.75) is 40.2 Å². The van der Waals surface area contributed by atoms with Crippen LogP contribution in [0.25, 0.3) is 33.0 Å². The van der Waals surface area contributed by atoms with Crippen molar-refractivity contribution in [2.75, 3.05) is 0 Å².